The van der Waals surface area contributed by atoms with Gasteiger partial charge in [-0.1, -0.05) is 48.5 Å². The van der Waals surface area contributed by atoms with Gasteiger partial charge < -0.3 is 14.6 Å². The third-order valence-electron chi connectivity index (χ3n) is 4.40. The Balaban J connectivity index is 1.61. The Morgan fingerprint density at radius 3 is 2.52 bits per heavy atom. The van der Waals surface area contributed by atoms with E-state index in [0.29, 0.717) is 29.4 Å². The van der Waals surface area contributed by atoms with Crippen molar-refractivity contribution in [2.75, 3.05) is 7.11 Å². The summed E-state index contributed by atoms with van der Waals surface area (Å²) in [5, 5.41) is 11.5. The van der Waals surface area contributed by atoms with Crippen LogP contribution in [0.2, 0.25) is 0 Å². The second kappa shape index (κ2) is 7.38. The zero-order chi connectivity index (χ0) is 18.6. The number of phenolic OH excluding ortho intramolecular Hbond substituents is 1. The largest absolute Gasteiger partial charge is 0.507 e. The van der Waals surface area contributed by atoms with Crippen LogP contribution in [0.1, 0.15) is 5.56 Å². The summed E-state index contributed by atoms with van der Waals surface area (Å²) < 4.78 is 11.2. The molecule has 1 aromatic heterocycles. The molecule has 0 amide bonds. The monoisotopic (exact) mass is 357 g/mol. The van der Waals surface area contributed by atoms with Gasteiger partial charge in [-0.2, -0.15) is 0 Å². The molecule has 134 valence electrons. The third kappa shape index (κ3) is 3.55. The van der Waals surface area contributed by atoms with E-state index in [9.17, 15) is 5.11 Å². The summed E-state index contributed by atoms with van der Waals surface area (Å²) in [6.07, 6.45) is 0. The Kier molecular flexibility index (Phi) is 4.62. The molecular formula is C23H19NO3. The highest BCUT2D eigenvalue weighted by Crippen LogP contribution is 2.34. The van der Waals surface area contributed by atoms with Gasteiger partial charge in [0.2, 0.25) is 0 Å². The summed E-state index contributed by atoms with van der Waals surface area (Å²) in [4.78, 5) is 4.67. The summed E-state index contributed by atoms with van der Waals surface area (Å²) in [7, 11) is 1.62. The first-order chi connectivity index (χ1) is 13.2. The fourth-order valence-electron chi connectivity index (χ4n) is 2.99. The minimum Gasteiger partial charge on any atom is -0.507 e. The molecule has 0 spiro atoms. The number of benzene rings is 3. The van der Waals surface area contributed by atoms with Crippen molar-refractivity contribution in [2.24, 2.45) is 0 Å². The smallest absolute Gasteiger partial charge is 0.145 e. The number of para-hydroxylation sites is 1. The second-order valence-corrected chi connectivity index (χ2v) is 6.18. The fraction of sp³-hybridized carbons (Fsp3) is 0.0870. The number of methoxy groups -OCH3 is 1. The molecule has 0 bridgehead atoms. The fourth-order valence-corrected chi connectivity index (χ4v) is 2.99. The maximum absolute atomic E-state index is 10.5. The minimum atomic E-state index is 0.127. The lowest BCUT2D eigenvalue weighted by Crippen LogP contribution is -1.95. The molecule has 1 N–H and O–H groups in total. The number of aromatic hydroxyl groups is 1. The lowest BCUT2D eigenvalue weighted by molar-refractivity contribution is 0.304. The summed E-state index contributed by atoms with van der Waals surface area (Å²) in [6, 6.07) is 24.8. The first kappa shape index (κ1) is 16.9. The Labute approximate surface area is 157 Å². The number of pyridine rings is 1. The summed E-state index contributed by atoms with van der Waals surface area (Å²) in [5.41, 5.74) is 3.17. The third-order valence-corrected chi connectivity index (χ3v) is 4.40. The first-order valence-corrected chi connectivity index (χ1v) is 8.68. The molecule has 4 heteroatoms. The van der Waals surface area contributed by atoms with Crippen LogP contribution >= 0.6 is 0 Å². The Morgan fingerprint density at radius 2 is 1.74 bits per heavy atom. The van der Waals surface area contributed by atoms with Gasteiger partial charge in [-0.05, 0) is 29.8 Å². The van der Waals surface area contributed by atoms with Gasteiger partial charge in [-0.25, -0.2) is 4.98 Å². The average Bonchev–Trinajstić information content (AvgIpc) is 2.72. The van der Waals surface area contributed by atoms with E-state index in [4.69, 9.17) is 9.47 Å². The molecule has 4 aromatic rings. The van der Waals surface area contributed by atoms with Crippen molar-refractivity contribution in [1.82, 2.24) is 4.98 Å². The number of ether oxygens (including phenoxy) is 2. The van der Waals surface area contributed by atoms with Gasteiger partial charge in [-0.3, -0.25) is 0 Å². The molecule has 0 saturated carbocycles. The van der Waals surface area contributed by atoms with Gasteiger partial charge in [0.25, 0.3) is 0 Å². The molecule has 3 aromatic carbocycles. The van der Waals surface area contributed by atoms with Crippen molar-refractivity contribution in [1.29, 1.82) is 0 Å². The van der Waals surface area contributed by atoms with Gasteiger partial charge in [0.1, 0.15) is 29.4 Å². The normalized spacial score (nSPS) is 10.7. The van der Waals surface area contributed by atoms with Gasteiger partial charge in [-0.15, -0.1) is 0 Å². The maximum Gasteiger partial charge on any atom is 0.145 e. The van der Waals surface area contributed by atoms with Crippen LogP contribution in [0.25, 0.3) is 22.2 Å². The number of fused-ring (bicyclic) bond motifs is 1. The van der Waals surface area contributed by atoms with Crippen molar-refractivity contribution in [2.45, 2.75) is 6.61 Å². The molecular weight excluding hydrogens is 338 g/mol. The molecule has 4 rings (SSSR count). The highest BCUT2D eigenvalue weighted by Gasteiger charge is 2.10. The quantitative estimate of drug-likeness (QED) is 0.534. The van der Waals surface area contributed by atoms with Crippen LogP contribution in [0.15, 0.2) is 78.9 Å². The van der Waals surface area contributed by atoms with E-state index in [1.54, 1.807) is 13.2 Å². The van der Waals surface area contributed by atoms with Crippen molar-refractivity contribution in [3.05, 3.63) is 84.4 Å². The van der Waals surface area contributed by atoms with Crippen LogP contribution in [0.3, 0.4) is 0 Å². The van der Waals surface area contributed by atoms with E-state index in [0.717, 1.165) is 16.5 Å². The molecule has 0 radical (unpaired) electrons. The summed E-state index contributed by atoms with van der Waals surface area (Å²) in [5.74, 6) is 1.44. The molecule has 0 aliphatic rings. The van der Waals surface area contributed by atoms with Crippen molar-refractivity contribution >= 4 is 10.9 Å². The van der Waals surface area contributed by atoms with Crippen LogP contribution in [-0.2, 0) is 6.61 Å². The Bertz CT molecular complexity index is 1080. The SMILES string of the molecule is COc1cccc2ccc(-c3ccc(OCc4ccccc4)cc3O)nc12. The molecule has 0 aliphatic heterocycles. The molecule has 4 nitrogen and oxygen atoms in total. The van der Waals surface area contributed by atoms with E-state index in [1.165, 1.54) is 0 Å². The molecule has 0 saturated heterocycles. The Hall–Kier alpha value is -3.53. The highest BCUT2D eigenvalue weighted by atomic mass is 16.5. The zero-order valence-corrected chi connectivity index (χ0v) is 14.9. The first-order valence-electron chi connectivity index (χ1n) is 8.68. The molecule has 1 heterocycles. The lowest BCUT2D eigenvalue weighted by atomic mass is 10.1. The Morgan fingerprint density at radius 1 is 0.889 bits per heavy atom. The van der Waals surface area contributed by atoms with Crippen molar-refractivity contribution in [3.63, 3.8) is 0 Å². The highest BCUT2D eigenvalue weighted by molar-refractivity contribution is 5.87. The zero-order valence-electron chi connectivity index (χ0n) is 14.9. The topological polar surface area (TPSA) is 51.6 Å². The number of rotatable bonds is 5. The van der Waals surface area contributed by atoms with Crippen LogP contribution in [0.4, 0.5) is 0 Å². The predicted molar refractivity (Wildman–Crippen MR) is 106 cm³/mol. The van der Waals surface area contributed by atoms with Crippen LogP contribution in [0.5, 0.6) is 17.2 Å². The van der Waals surface area contributed by atoms with E-state index in [1.807, 2.05) is 72.8 Å². The van der Waals surface area contributed by atoms with Gasteiger partial charge >= 0.3 is 0 Å². The van der Waals surface area contributed by atoms with Gasteiger partial charge in [0, 0.05) is 17.0 Å². The molecule has 0 aliphatic carbocycles. The second-order valence-electron chi connectivity index (χ2n) is 6.18. The van der Waals surface area contributed by atoms with Gasteiger partial charge in [0.15, 0.2) is 0 Å². The molecule has 0 fully saturated rings. The molecule has 0 unspecified atom stereocenters. The van der Waals surface area contributed by atoms with Crippen LogP contribution in [-0.4, -0.2) is 17.2 Å². The number of phenols is 1. The van der Waals surface area contributed by atoms with E-state index in [-0.39, 0.29) is 5.75 Å². The predicted octanol–water partition coefficient (Wildman–Crippen LogP) is 5.20. The maximum atomic E-state index is 10.5. The van der Waals surface area contributed by atoms with Crippen LogP contribution in [0, 0.1) is 0 Å². The van der Waals surface area contributed by atoms with Crippen LogP contribution < -0.4 is 9.47 Å². The van der Waals surface area contributed by atoms with E-state index in [2.05, 4.69) is 4.98 Å². The molecule has 27 heavy (non-hydrogen) atoms. The molecule has 0 atom stereocenters. The average molecular weight is 357 g/mol. The van der Waals surface area contributed by atoms with Gasteiger partial charge in [0.05, 0.1) is 12.8 Å². The standard InChI is InChI=1S/C23H19NO3/c1-26-22-9-5-8-17-10-13-20(24-23(17)22)19-12-11-18(14-21(19)25)27-15-16-6-3-2-4-7-16/h2-14,25H,15H2,1H3. The summed E-state index contributed by atoms with van der Waals surface area (Å²) >= 11 is 0. The van der Waals surface area contributed by atoms with Crippen molar-refractivity contribution < 1.29 is 14.6 Å². The summed E-state index contributed by atoms with van der Waals surface area (Å²) in [6.45, 7) is 0.449. The number of nitrogens with zero attached hydrogens (tertiary/aromatic N) is 1. The number of hydrogen-bond acceptors (Lipinski definition) is 4. The lowest BCUT2D eigenvalue weighted by Gasteiger charge is -2.11. The van der Waals surface area contributed by atoms with Crippen molar-refractivity contribution in [3.8, 4) is 28.5 Å². The minimum absolute atomic E-state index is 0.127. The van der Waals surface area contributed by atoms with E-state index < -0.39 is 0 Å². The number of hydrogen-bond donors (Lipinski definition) is 1. The number of aromatic nitrogens is 1. The van der Waals surface area contributed by atoms with E-state index >= 15 is 0 Å².